The Kier molecular flexibility index (Phi) is 5.86. The second-order valence-electron chi connectivity index (χ2n) is 7.42. The Morgan fingerprint density at radius 3 is 2.66 bits per heavy atom. The van der Waals surface area contributed by atoms with Crippen molar-refractivity contribution in [3.05, 3.63) is 34.6 Å². The van der Waals surface area contributed by atoms with E-state index in [4.69, 9.17) is 0 Å². The number of amides is 1. The molecule has 0 spiro atoms. The number of aromatic nitrogens is 4. The van der Waals surface area contributed by atoms with Gasteiger partial charge in [-0.15, -0.1) is 10.2 Å². The van der Waals surface area contributed by atoms with Gasteiger partial charge in [0.1, 0.15) is 0 Å². The van der Waals surface area contributed by atoms with Gasteiger partial charge in [0.25, 0.3) is 5.56 Å². The van der Waals surface area contributed by atoms with Crippen LogP contribution < -0.4 is 5.56 Å². The van der Waals surface area contributed by atoms with E-state index in [9.17, 15) is 9.59 Å². The van der Waals surface area contributed by atoms with E-state index in [1.54, 1.807) is 4.57 Å². The maximum absolute atomic E-state index is 13.0. The summed E-state index contributed by atoms with van der Waals surface area (Å²) in [4.78, 5) is 29.7. The molecule has 1 aliphatic rings. The number of aryl methyl sites for hydroxylation is 1. The predicted octanol–water partition coefficient (Wildman–Crippen LogP) is 1.71. The first kappa shape index (κ1) is 19.9. The van der Waals surface area contributed by atoms with Gasteiger partial charge >= 0.3 is 0 Å². The lowest BCUT2D eigenvalue weighted by molar-refractivity contribution is -0.129. The maximum Gasteiger partial charge on any atom is 0.262 e. The molecule has 8 nitrogen and oxygen atoms in total. The molecule has 0 N–H and O–H groups in total. The fourth-order valence-electron chi connectivity index (χ4n) is 3.62. The molecule has 1 aliphatic heterocycles. The highest BCUT2D eigenvalue weighted by molar-refractivity contribution is 7.99. The Balaban J connectivity index is 1.66. The van der Waals surface area contributed by atoms with Crippen LogP contribution in [0.15, 0.2) is 34.2 Å². The molecule has 0 radical (unpaired) electrons. The van der Waals surface area contributed by atoms with E-state index < -0.39 is 0 Å². The van der Waals surface area contributed by atoms with Crippen molar-refractivity contribution >= 4 is 34.3 Å². The van der Waals surface area contributed by atoms with Gasteiger partial charge in [-0.1, -0.05) is 37.2 Å². The summed E-state index contributed by atoms with van der Waals surface area (Å²) in [6.07, 6.45) is 1.88. The molecule has 4 rings (SSSR count). The maximum atomic E-state index is 13.0. The Hall–Kier alpha value is -2.39. The third-order valence-corrected chi connectivity index (χ3v) is 6.31. The molecule has 0 saturated carbocycles. The Bertz CT molecular complexity index is 1080. The van der Waals surface area contributed by atoms with Crippen LogP contribution in [0.5, 0.6) is 0 Å². The molecule has 1 fully saturated rings. The molecular formula is C20H26N6O2S. The summed E-state index contributed by atoms with van der Waals surface area (Å²) in [6.45, 7) is 6.02. The molecular weight excluding hydrogens is 388 g/mol. The highest BCUT2D eigenvalue weighted by Crippen LogP contribution is 2.22. The number of nitrogens with zero attached hydrogens (tertiary/aromatic N) is 6. The van der Waals surface area contributed by atoms with Crippen LogP contribution in [0.25, 0.3) is 16.7 Å². The number of rotatable bonds is 6. The van der Waals surface area contributed by atoms with Gasteiger partial charge in [-0.2, -0.15) is 0 Å². The first-order valence-electron chi connectivity index (χ1n) is 10.1. The number of hydrogen-bond donors (Lipinski definition) is 0. The number of carbonyl (C=O) groups is 1. The third-order valence-electron chi connectivity index (χ3n) is 5.39. The van der Waals surface area contributed by atoms with Crippen molar-refractivity contribution in [1.82, 2.24) is 29.0 Å². The standard InChI is InChI=1S/C20H26N6O2S/c1-3-4-9-25-18(28)15-7-5-6-8-16(15)26-19(25)21-22-20(26)29-14-17(27)24-12-10-23(2)11-13-24/h5-8H,3-4,9-14H2,1-2H3. The summed E-state index contributed by atoms with van der Waals surface area (Å²) in [7, 11) is 2.07. The van der Waals surface area contributed by atoms with E-state index in [-0.39, 0.29) is 11.5 Å². The first-order valence-corrected chi connectivity index (χ1v) is 11.0. The van der Waals surface area contributed by atoms with Crippen LogP contribution in [0.2, 0.25) is 0 Å². The van der Waals surface area contributed by atoms with Crippen molar-refractivity contribution < 1.29 is 4.79 Å². The van der Waals surface area contributed by atoms with Gasteiger partial charge in [-0.3, -0.25) is 18.6 Å². The van der Waals surface area contributed by atoms with Crippen LogP contribution in [0.1, 0.15) is 19.8 Å². The SMILES string of the molecule is CCCCn1c(=O)c2ccccc2n2c(SCC(=O)N3CCN(C)CC3)nnc12. The topological polar surface area (TPSA) is 75.7 Å². The molecule has 0 unspecified atom stereocenters. The fourth-order valence-corrected chi connectivity index (χ4v) is 4.46. The molecule has 1 saturated heterocycles. The smallest absolute Gasteiger partial charge is 0.262 e. The molecule has 1 aromatic carbocycles. The third kappa shape index (κ3) is 3.89. The van der Waals surface area contributed by atoms with Crippen molar-refractivity contribution in [2.45, 2.75) is 31.5 Å². The molecule has 154 valence electrons. The van der Waals surface area contributed by atoms with Gasteiger partial charge in [-0.05, 0) is 25.6 Å². The second-order valence-corrected chi connectivity index (χ2v) is 8.36. The lowest BCUT2D eigenvalue weighted by Gasteiger charge is -2.32. The summed E-state index contributed by atoms with van der Waals surface area (Å²) < 4.78 is 3.61. The number of carbonyl (C=O) groups excluding carboxylic acids is 1. The predicted molar refractivity (Wildman–Crippen MR) is 114 cm³/mol. The zero-order chi connectivity index (χ0) is 20.4. The number of benzene rings is 1. The number of fused-ring (bicyclic) bond motifs is 3. The highest BCUT2D eigenvalue weighted by Gasteiger charge is 2.21. The summed E-state index contributed by atoms with van der Waals surface area (Å²) in [5, 5.41) is 9.91. The van der Waals surface area contributed by atoms with Gasteiger partial charge in [0.15, 0.2) is 5.16 Å². The second kappa shape index (κ2) is 8.54. The molecule has 0 aliphatic carbocycles. The molecule has 0 atom stereocenters. The zero-order valence-corrected chi connectivity index (χ0v) is 17.7. The zero-order valence-electron chi connectivity index (χ0n) is 16.9. The number of thioether (sulfide) groups is 1. The van der Waals surface area contributed by atoms with Crippen molar-refractivity contribution in [3.63, 3.8) is 0 Å². The van der Waals surface area contributed by atoms with Gasteiger partial charge in [0, 0.05) is 32.7 Å². The minimum absolute atomic E-state index is 0.0426. The number of hydrogen-bond acceptors (Lipinski definition) is 6. The molecule has 29 heavy (non-hydrogen) atoms. The first-order chi connectivity index (χ1) is 14.1. The fraction of sp³-hybridized carbons (Fsp3) is 0.500. The quantitative estimate of drug-likeness (QED) is 0.572. The van der Waals surface area contributed by atoms with Crippen LogP contribution in [0.4, 0.5) is 0 Å². The molecule has 0 bridgehead atoms. The Morgan fingerprint density at radius 1 is 1.14 bits per heavy atom. The molecule has 2 aromatic heterocycles. The van der Waals surface area contributed by atoms with E-state index in [1.165, 1.54) is 11.8 Å². The van der Waals surface area contributed by atoms with Crippen molar-refractivity contribution in [2.75, 3.05) is 39.0 Å². The van der Waals surface area contributed by atoms with Crippen molar-refractivity contribution in [3.8, 4) is 0 Å². The number of unbranched alkanes of at least 4 members (excludes halogenated alkanes) is 1. The average Bonchev–Trinajstić information content (AvgIpc) is 3.16. The van der Waals surface area contributed by atoms with Crippen LogP contribution >= 0.6 is 11.8 Å². The van der Waals surface area contributed by atoms with Crippen LogP contribution in [0.3, 0.4) is 0 Å². The summed E-state index contributed by atoms with van der Waals surface area (Å²) in [6, 6.07) is 7.52. The van der Waals surface area contributed by atoms with Crippen LogP contribution in [-0.4, -0.2) is 73.9 Å². The molecule has 3 aromatic rings. The monoisotopic (exact) mass is 414 g/mol. The van der Waals surface area contributed by atoms with E-state index in [1.807, 2.05) is 33.6 Å². The van der Waals surface area contributed by atoms with E-state index >= 15 is 0 Å². The molecule has 1 amide bonds. The van der Waals surface area contributed by atoms with Crippen molar-refractivity contribution in [1.29, 1.82) is 0 Å². The Morgan fingerprint density at radius 2 is 1.90 bits per heavy atom. The molecule has 3 heterocycles. The number of para-hydroxylation sites is 1. The number of piperazine rings is 1. The van der Waals surface area contributed by atoms with Gasteiger partial charge < -0.3 is 9.80 Å². The minimum atomic E-state index is -0.0426. The van der Waals surface area contributed by atoms with Crippen LogP contribution in [-0.2, 0) is 11.3 Å². The van der Waals surface area contributed by atoms with E-state index in [0.29, 0.717) is 28.6 Å². The van der Waals surface area contributed by atoms with Crippen LogP contribution in [0, 0.1) is 0 Å². The largest absolute Gasteiger partial charge is 0.339 e. The normalized spacial score (nSPS) is 15.4. The summed E-state index contributed by atoms with van der Waals surface area (Å²) in [5.41, 5.74) is 0.735. The van der Waals surface area contributed by atoms with Gasteiger partial charge in [0.2, 0.25) is 11.7 Å². The lowest BCUT2D eigenvalue weighted by Crippen LogP contribution is -2.47. The average molecular weight is 415 g/mol. The van der Waals surface area contributed by atoms with Gasteiger partial charge in [0.05, 0.1) is 16.7 Å². The minimum Gasteiger partial charge on any atom is -0.339 e. The van der Waals surface area contributed by atoms with Gasteiger partial charge in [-0.25, -0.2) is 0 Å². The Labute approximate surface area is 173 Å². The van der Waals surface area contributed by atoms with E-state index in [2.05, 4.69) is 29.1 Å². The lowest BCUT2D eigenvalue weighted by atomic mass is 10.2. The summed E-state index contributed by atoms with van der Waals surface area (Å²) >= 11 is 1.38. The molecule has 9 heteroatoms. The summed E-state index contributed by atoms with van der Waals surface area (Å²) in [5.74, 6) is 0.965. The van der Waals surface area contributed by atoms with E-state index in [0.717, 1.165) is 44.5 Å². The number of likely N-dealkylation sites (N-methyl/N-ethyl adjacent to an activating group) is 1. The highest BCUT2D eigenvalue weighted by atomic mass is 32.2. The van der Waals surface area contributed by atoms with Crippen molar-refractivity contribution in [2.24, 2.45) is 0 Å².